The molecule has 1 saturated carbocycles. The highest BCUT2D eigenvalue weighted by Crippen LogP contribution is 2.28. The Hall–Kier alpha value is -3.06. The molecule has 2 fully saturated rings. The lowest BCUT2D eigenvalue weighted by atomic mass is 9.87. The summed E-state index contributed by atoms with van der Waals surface area (Å²) in [7, 11) is 0. The molecule has 1 amide bonds. The summed E-state index contributed by atoms with van der Waals surface area (Å²) in [5, 5.41) is 0. The van der Waals surface area contributed by atoms with Gasteiger partial charge in [-0.05, 0) is 61.6 Å². The Kier molecular flexibility index (Phi) is 7.04. The third-order valence-electron chi connectivity index (χ3n) is 5.38. The van der Waals surface area contributed by atoms with Crippen molar-refractivity contribution in [3.8, 4) is 0 Å². The van der Waals surface area contributed by atoms with Crippen molar-refractivity contribution in [1.82, 2.24) is 5.48 Å². The molecule has 6 nitrogen and oxygen atoms in total. The van der Waals surface area contributed by atoms with Crippen molar-refractivity contribution >= 4 is 11.7 Å². The maximum atomic E-state index is 11.9. The minimum atomic E-state index is -0.345. The van der Waals surface area contributed by atoms with Gasteiger partial charge in [0, 0.05) is 37.0 Å². The number of Topliss-reactive ketones (excluding diaryl/α,β-unsaturated/α-hetero) is 1. The molecule has 0 aromatic rings. The fraction of sp³-hybridized carbons (Fsp3) is 0.440. The average molecular weight is 419 g/mol. The van der Waals surface area contributed by atoms with Crippen LogP contribution in [0.2, 0.25) is 0 Å². The van der Waals surface area contributed by atoms with Crippen molar-refractivity contribution in [2.75, 3.05) is 13.2 Å². The number of rotatable bonds is 8. The summed E-state index contributed by atoms with van der Waals surface area (Å²) in [5.41, 5.74) is 17.8. The lowest BCUT2D eigenvalue weighted by Gasteiger charge is -2.22. The van der Waals surface area contributed by atoms with E-state index < -0.39 is 0 Å². The number of nitrogens with one attached hydrogen (secondary N) is 1. The lowest BCUT2D eigenvalue weighted by Crippen LogP contribution is -2.32. The van der Waals surface area contributed by atoms with Crippen molar-refractivity contribution in [3.63, 3.8) is 0 Å². The monoisotopic (exact) mass is 419 g/mol. The quantitative estimate of drug-likeness (QED) is 0.479. The van der Waals surface area contributed by atoms with E-state index in [1.165, 1.54) is 0 Å². The predicted octanol–water partition coefficient (Wildman–Crippen LogP) is 3.79. The topological polar surface area (TPSA) is 73.9 Å². The summed E-state index contributed by atoms with van der Waals surface area (Å²) >= 11 is 0. The number of hydrogen-bond donors (Lipinski definition) is 1. The number of carbonyl (C=O) groups excluding carboxylic acids is 2. The molecule has 1 atom stereocenters. The Morgan fingerprint density at radius 3 is 2.77 bits per heavy atom. The maximum absolute atomic E-state index is 11.9. The zero-order valence-corrected chi connectivity index (χ0v) is 17.4. The Morgan fingerprint density at radius 2 is 1.97 bits per heavy atom. The van der Waals surface area contributed by atoms with Crippen LogP contribution < -0.4 is 5.48 Å². The summed E-state index contributed by atoms with van der Waals surface area (Å²) in [4.78, 5) is 29.1. The van der Waals surface area contributed by atoms with Gasteiger partial charge in [0.05, 0.1) is 5.57 Å². The van der Waals surface area contributed by atoms with E-state index in [0.717, 1.165) is 48.8 Å². The van der Waals surface area contributed by atoms with Crippen LogP contribution in [0, 0.1) is 0 Å². The largest absolute Gasteiger partial charge is 0.480 e. The van der Waals surface area contributed by atoms with Crippen LogP contribution >= 0.6 is 0 Å². The van der Waals surface area contributed by atoms with Gasteiger partial charge in [0.25, 0.3) is 0 Å². The number of carbonyl (C=O) groups is 2. The van der Waals surface area contributed by atoms with Crippen molar-refractivity contribution in [1.29, 1.82) is 0 Å². The molecule has 4 aliphatic rings. The molecule has 3 aliphatic carbocycles. The minimum absolute atomic E-state index is 0.130. The van der Waals surface area contributed by atoms with Gasteiger partial charge in [-0.3, -0.25) is 9.59 Å². The number of hydrogen-bond acceptors (Lipinski definition) is 5. The first kappa shape index (κ1) is 21.2. The van der Waals surface area contributed by atoms with Gasteiger partial charge in [-0.25, -0.2) is 10.3 Å². The molecule has 4 rings (SSSR count). The highest BCUT2D eigenvalue weighted by molar-refractivity contribution is 6.00. The van der Waals surface area contributed by atoms with Crippen LogP contribution in [0.3, 0.4) is 0 Å². The second-order valence-electron chi connectivity index (χ2n) is 7.80. The highest BCUT2D eigenvalue weighted by Gasteiger charge is 2.21. The van der Waals surface area contributed by atoms with Gasteiger partial charge < -0.3 is 9.47 Å². The molecule has 31 heavy (non-hydrogen) atoms. The average Bonchev–Trinajstić information content (AvgIpc) is 2.81. The van der Waals surface area contributed by atoms with E-state index in [2.05, 4.69) is 28.4 Å². The van der Waals surface area contributed by atoms with Crippen LogP contribution in [0.25, 0.3) is 0 Å². The van der Waals surface area contributed by atoms with Crippen LogP contribution in [0.1, 0.15) is 51.4 Å². The summed E-state index contributed by atoms with van der Waals surface area (Å²) in [6.07, 6.45) is 11.4. The molecule has 1 unspecified atom stereocenters. The molecule has 0 aromatic carbocycles. The molecular formula is C25H25NO5. The highest BCUT2D eigenvalue weighted by atomic mass is 16.8. The summed E-state index contributed by atoms with van der Waals surface area (Å²) in [6.45, 7) is 0.993. The molecule has 1 saturated heterocycles. The fourth-order valence-corrected chi connectivity index (χ4v) is 3.62. The van der Waals surface area contributed by atoms with Gasteiger partial charge in [-0.1, -0.05) is 17.2 Å². The Balaban J connectivity index is 1.25. The summed E-state index contributed by atoms with van der Waals surface area (Å²) in [5.74, 6) is 0.516. The van der Waals surface area contributed by atoms with E-state index in [4.69, 9.17) is 14.3 Å². The second-order valence-corrected chi connectivity index (χ2v) is 7.80. The van der Waals surface area contributed by atoms with E-state index in [9.17, 15) is 9.59 Å². The van der Waals surface area contributed by atoms with Crippen molar-refractivity contribution in [2.45, 2.75) is 57.7 Å². The number of amides is 1. The summed E-state index contributed by atoms with van der Waals surface area (Å²) < 4.78 is 11.2. The SMILES string of the molecule is O=C(CCC1=C=C=C(COC2=C=C=C3C(=O)CCCC3=C2)C=C1)NOC1CCCCO1. The molecule has 1 aliphatic heterocycles. The number of fused-ring (bicyclic) bond motifs is 1. The van der Waals surface area contributed by atoms with Gasteiger partial charge in [0.1, 0.15) is 6.61 Å². The van der Waals surface area contributed by atoms with E-state index >= 15 is 0 Å². The predicted molar refractivity (Wildman–Crippen MR) is 112 cm³/mol. The zero-order valence-electron chi connectivity index (χ0n) is 17.4. The normalized spacial score (nSPS) is 22.0. The van der Waals surface area contributed by atoms with E-state index in [1.54, 1.807) is 0 Å². The smallest absolute Gasteiger partial charge is 0.243 e. The molecule has 0 radical (unpaired) electrons. The molecule has 0 spiro atoms. The third kappa shape index (κ3) is 5.98. The van der Waals surface area contributed by atoms with Gasteiger partial charge in [0.15, 0.2) is 17.8 Å². The van der Waals surface area contributed by atoms with Crippen LogP contribution in [0.5, 0.6) is 0 Å². The van der Waals surface area contributed by atoms with Crippen molar-refractivity contribution in [3.05, 3.63) is 69.2 Å². The molecule has 160 valence electrons. The number of ether oxygens (including phenoxy) is 2. The van der Waals surface area contributed by atoms with Gasteiger partial charge in [-0.2, -0.15) is 0 Å². The summed E-state index contributed by atoms with van der Waals surface area (Å²) in [6, 6.07) is 0. The zero-order chi connectivity index (χ0) is 21.5. The van der Waals surface area contributed by atoms with Crippen LogP contribution in [0.4, 0.5) is 0 Å². The Morgan fingerprint density at radius 1 is 1.10 bits per heavy atom. The molecule has 0 bridgehead atoms. The van der Waals surface area contributed by atoms with Crippen molar-refractivity contribution < 1.29 is 23.9 Å². The Labute approximate surface area is 181 Å². The third-order valence-corrected chi connectivity index (χ3v) is 5.38. The maximum Gasteiger partial charge on any atom is 0.243 e. The van der Waals surface area contributed by atoms with Crippen LogP contribution in [-0.2, 0) is 23.9 Å². The van der Waals surface area contributed by atoms with E-state index in [1.807, 2.05) is 18.2 Å². The van der Waals surface area contributed by atoms with Gasteiger partial charge >= 0.3 is 0 Å². The van der Waals surface area contributed by atoms with Gasteiger partial charge in [-0.15, -0.1) is 0 Å². The van der Waals surface area contributed by atoms with Gasteiger partial charge in [0.2, 0.25) is 5.91 Å². The molecule has 1 heterocycles. The second kappa shape index (κ2) is 10.3. The standard InChI is InChI=1S/C25H25NO5/c27-23-5-3-4-20-16-21(12-13-22(20)23)30-17-19-9-7-18(8-10-19)11-14-24(28)26-31-25-6-1-2-15-29-25/h7,9,16,25H,1-6,11,14-15,17H2,(H,26,28). The molecule has 6 heteroatoms. The van der Waals surface area contributed by atoms with Crippen LogP contribution in [-0.4, -0.2) is 31.2 Å². The number of hydroxylamine groups is 1. The fourth-order valence-electron chi connectivity index (χ4n) is 3.62. The first-order chi connectivity index (χ1) is 15.2. The van der Waals surface area contributed by atoms with Crippen molar-refractivity contribution in [2.24, 2.45) is 0 Å². The number of allylic oxidation sites excluding steroid dienone is 5. The van der Waals surface area contributed by atoms with E-state index in [-0.39, 0.29) is 18.0 Å². The lowest BCUT2D eigenvalue weighted by molar-refractivity contribution is -0.200. The molecular weight excluding hydrogens is 394 g/mol. The molecule has 1 N–H and O–H groups in total. The van der Waals surface area contributed by atoms with Crippen LogP contribution in [0.15, 0.2) is 69.2 Å². The molecule has 0 aromatic heterocycles. The minimum Gasteiger partial charge on any atom is -0.480 e. The first-order valence-electron chi connectivity index (χ1n) is 10.8. The van der Waals surface area contributed by atoms with E-state index in [0.29, 0.717) is 43.8 Å². The first-order valence-corrected chi connectivity index (χ1v) is 10.8. The number of ketones is 1. The Bertz CT molecular complexity index is 1030.